The molecule has 22 heavy (non-hydrogen) atoms. The summed E-state index contributed by atoms with van der Waals surface area (Å²) in [5, 5.41) is 6.48. The van der Waals surface area contributed by atoms with Gasteiger partial charge in [-0.2, -0.15) is 4.98 Å². The first-order valence-electron chi connectivity index (χ1n) is 7.10. The smallest absolute Gasteiger partial charge is 0.231 e. The highest BCUT2D eigenvalue weighted by atomic mass is 16.5. The van der Waals surface area contributed by atoms with Crippen molar-refractivity contribution >= 4 is 10.8 Å². The summed E-state index contributed by atoms with van der Waals surface area (Å²) in [5.74, 6) is 1.21. The van der Waals surface area contributed by atoms with Crippen LogP contribution in [-0.2, 0) is 6.42 Å². The maximum absolute atomic E-state index is 5.39. The molecule has 0 atom stereocenters. The van der Waals surface area contributed by atoms with Gasteiger partial charge < -0.3 is 4.52 Å². The van der Waals surface area contributed by atoms with E-state index in [1.54, 1.807) is 12.4 Å². The highest BCUT2D eigenvalue weighted by Crippen LogP contribution is 2.22. The van der Waals surface area contributed by atoms with Crippen LogP contribution >= 0.6 is 0 Å². The Morgan fingerprint density at radius 2 is 1.68 bits per heavy atom. The van der Waals surface area contributed by atoms with E-state index in [0.717, 1.165) is 5.56 Å². The summed E-state index contributed by atoms with van der Waals surface area (Å²) in [6, 6.07) is 18.3. The van der Waals surface area contributed by atoms with Crippen LogP contribution in [0.2, 0.25) is 0 Å². The zero-order valence-electron chi connectivity index (χ0n) is 11.8. The number of hydrogen-bond acceptors (Lipinski definition) is 4. The lowest BCUT2D eigenvalue weighted by molar-refractivity contribution is 0.386. The van der Waals surface area contributed by atoms with Gasteiger partial charge in [-0.1, -0.05) is 47.6 Å². The SMILES string of the molecule is c1ccc2c(Cc3nc(-c4ccncc4)no3)cccc2c1. The minimum Gasteiger partial charge on any atom is -0.339 e. The highest BCUT2D eigenvalue weighted by molar-refractivity contribution is 5.85. The van der Waals surface area contributed by atoms with Gasteiger partial charge in [0.15, 0.2) is 0 Å². The Bertz CT molecular complexity index is 910. The second-order valence-corrected chi connectivity index (χ2v) is 5.06. The second kappa shape index (κ2) is 5.41. The first kappa shape index (κ1) is 12.7. The Labute approximate surface area is 127 Å². The Kier molecular flexibility index (Phi) is 3.12. The van der Waals surface area contributed by atoms with Crippen LogP contribution in [0.15, 0.2) is 71.5 Å². The van der Waals surface area contributed by atoms with Crippen LogP contribution in [-0.4, -0.2) is 15.1 Å². The van der Waals surface area contributed by atoms with Gasteiger partial charge in [0, 0.05) is 18.0 Å². The largest absolute Gasteiger partial charge is 0.339 e. The monoisotopic (exact) mass is 287 g/mol. The number of nitrogens with zero attached hydrogens (tertiary/aromatic N) is 3. The van der Waals surface area contributed by atoms with Gasteiger partial charge in [0.25, 0.3) is 0 Å². The van der Waals surface area contributed by atoms with Crippen molar-refractivity contribution in [3.05, 3.63) is 78.4 Å². The van der Waals surface area contributed by atoms with Crippen molar-refractivity contribution in [3.8, 4) is 11.4 Å². The predicted molar refractivity (Wildman–Crippen MR) is 84.3 cm³/mol. The minimum atomic E-state index is 0.595. The molecule has 0 aliphatic carbocycles. The van der Waals surface area contributed by atoms with Crippen molar-refractivity contribution in [2.24, 2.45) is 0 Å². The van der Waals surface area contributed by atoms with Crippen LogP contribution in [0.4, 0.5) is 0 Å². The van der Waals surface area contributed by atoms with E-state index in [1.807, 2.05) is 24.3 Å². The third-order valence-corrected chi connectivity index (χ3v) is 3.63. The third kappa shape index (κ3) is 2.35. The molecule has 106 valence electrons. The molecule has 2 aromatic carbocycles. The number of benzene rings is 2. The lowest BCUT2D eigenvalue weighted by Crippen LogP contribution is -1.90. The van der Waals surface area contributed by atoms with E-state index in [9.17, 15) is 0 Å². The summed E-state index contributed by atoms with van der Waals surface area (Å²) in [7, 11) is 0. The molecule has 0 N–H and O–H groups in total. The summed E-state index contributed by atoms with van der Waals surface area (Å²) < 4.78 is 5.39. The Hall–Kier alpha value is -3.01. The molecule has 0 amide bonds. The fourth-order valence-electron chi connectivity index (χ4n) is 2.55. The molecular formula is C18H13N3O. The van der Waals surface area contributed by atoms with Crippen molar-refractivity contribution in [1.82, 2.24) is 15.1 Å². The number of aromatic nitrogens is 3. The lowest BCUT2D eigenvalue weighted by Gasteiger charge is -2.03. The molecule has 0 bridgehead atoms. The number of hydrogen-bond donors (Lipinski definition) is 0. The molecule has 4 heteroatoms. The standard InChI is InChI=1S/C18H13N3O/c1-2-7-16-13(4-1)5-3-6-15(16)12-17-20-18(21-22-17)14-8-10-19-11-9-14/h1-11H,12H2. The molecule has 2 aromatic heterocycles. The zero-order valence-corrected chi connectivity index (χ0v) is 11.8. The van der Waals surface area contributed by atoms with Gasteiger partial charge in [-0.3, -0.25) is 4.98 Å². The van der Waals surface area contributed by atoms with Crippen LogP contribution in [0.1, 0.15) is 11.5 Å². The van der Waals surface area contributed by atoms with Crippen molar-refractivity contribution in [2.75, 3.05) is 0 Å². The maximum atomic E-state index is 5.39. The van der Waals surface area contributed by atoms with E-state index in [-0.39, 0.29) is 0 Å². The molecule has 0 unspecified atom stereocenters. The molecule has 0 saturated heterocycles. The molecular weight excluding hydrogens is 274 g/mol. The van der Waals surface area contributed by atoms with Crippen LogP contribution in [0.3, 0.4) is 0 Å². The van der Waals surface area contributed by atoms with Crippen molar-refractivity contribution in [2.45, 2.75) is 6.42 Å². The van der Waals surface area contributed by atoms with Gasteiger partial charge >= 0.3 is 0 Å². The van der Waals surface area contributed by atoms with Crippen LogP contribution in [0.5, 0.6) is 0 Å². The number of rotatable bonds is 3. The summed E-state index contributed by atoms with van der Waals surface area (Å²) in [6.45, 7) is 0. The van der Waals surface area contributed by atoms with Gasteiger partial charge in [0.05, 0.1) is 6.42 Å². The normalized spacial score (nSPS) is 10.9. The van der Waals surface area contributed by atoms with Crippen molar-refractivity contribution < 1.29 is 4.52 Å². The molecule has 4 nitrogen and oxygen atoms in total. The van der Waals surface area contributed by atoms with E-state index in [4.69, 9.17) is 4.52 Å². The van der Waals surface area contributed by atoms with Crippen LogP contribution in [0, 0.1) is 0 Å². The van der Waals surface area contributed by atoms with Gasteiger partial charge in [-0.05, 0) is 28.5 Å². The van der Waals surface area contributed by atoms with E-state index < -0.39 is 0 Å². The molecule has 0 radical (unpaired) electrons. The molecule has 0 saturated carbocycles. The fraction of sp³-hybridized carbons (Fsp3) is 0.0556. The van der Waals surface area contributed by atoms with Gasteiger partial charge in [-0.25, -0.2) is 0 Å². The molecule has 0 spiro atoms. The average molecular weight is 287 g/mol. The van der Waals surface area contributed by atoms with Crippen molar-refractivity contribution in [1.29, 1.82) is 0 Å². The van der Waals surface area contributed by atoms with E-state index >= 15 is 0 Å². The quantitative estimate of drug-likeness (QED) is 0.574. The molecule has 0 fully saturated rings. The molecule has 0 aliphatic rings. The summed E-state index contributed by atoms with van der Waals surface area (Å²) in [6.07, 6.45) is 4.06. The number of pyridine rings is 1. The fourth-order valence-corrected chi connectivity index (χ4v) is 2.55. The van der Waals surface area contributed by atoms with Crippen molar-refractivity contribution in [3.63, 3.8) is 0 Å². The van der Waals surface area contributed by atoms with E-state index in [2.05, 4.69) is 45.5 Å². The summed E-state index contributed by atoms with van der Waals surface area (Å²) in [4.78, 5) is 8.47. The predicted octanol–water partition coefficient (Wildman–Crippen LogP) is 3.88. The van der Waals surface area contributed by atoms with E-state index in [0.29, 0.717) is 18.1 Å². The third-order valence-electron chi connectivity index (χ3n) is 3.63. The van der Waals surface area contributed by atoms with Gasteiger partial charge in [0.1, 0.15) is 0 Å². The first-order valence-corrected chi connectivity index (χ1v) is 7.10. The molecule has 4 rings (SSSR count). The zero-order chi connectivity index (χ0) is 14.8. The first-order chi connectivity index (χ1) is 10.9. The number of fused-ring (bicyclic) bond motifs is 1. The Balaban J connectivity index is 1.68. The molecule has 0 aliphatic heterocycles. The van der Waals surface area contributed by atoms with Crippen LogP contribution < -0.4 is 0 Å². The second-order valence-electron chi connectivity index (χ2n) is 5.06. The van der Waals surface area contributed by atoms with Crippen LogP contribution in [0.25, 0.3) is 22.2 Å². The minimum absolute atomic E-state index is 0.595. The lowest BCUT2D eigenvalue weighted by atomic mass is 10.0. The Morgan fingerprint density at radius 1 is 0.864 bits per heavy atom. The van der Waals surface area contributed by atoms with Gasteiger partial charge in [-0.15, -0.1) is 0 Å². The van der Waals surface area contributed by atoms with E-state index in [1.165, 1.54) is 16.3 Å². The Morgan fingerprint density at radius 3 is 2.59 bits per heavy atom. The van der Waals surface area contributed by atoms with Gasteiger partial charge in [0.2, 0.25) is 11.7 Å². The topological polar surface area (TPSA) is 51.8 Å². The maximum Gasteiger partial charge on any atom is 0.231 e. The highest BCUT2D eigenvalue weighted by Gasteiger charge is 2.10. The summed E-state index contributed by atoms with van der Waals surface area (Å²) >= 11 is 0. The summed E-state index contributed by atoms with van der Waals surface area (Å²) in [5.41, 5.74) is 2.09. The molecule has 2 heterocycles. The molecule has 4 aromatic rings. The average Bonchev–Trinajstić information content (AvgIpc) is 3.05.